The number of aromatic nitrogens is 1. The molecule has 1 aliphatic heterocycles. The fourth-order valence-electron chi connectivity index (χ4n) is 3.79. The largest absolute Gasteiger partial charge is 0.497 e. The third-order valence-corrected chi connectivity index (χ3v) is 5.46. The second-order valence-electron chi connectivity index (χ2n) is 7.42. The first-order valence-corrected chi connectivity index (χ1v) is 10.2. The maximum absolute atomic E-state index is 12.7. The van der Waals surface area contributed by atoms with E-state index in [-0.39, 0.29) is 13.0 Å². The zero-order chi connectivity index (χ0) is 22.7. The number of hydrogen-bond acceptors (Lipinski definition) is 5. The Balaban J connectivity index is 1.37. The molecule has 0 aliphatic carbocycles. The highest BCUT2D eigenvalue weighted by atomic mass is 16.5. The number of hydrogen-bond donors (Lipinski definition) is 3. The fraction of sp³-hybridized carbons (Fsp3) is 0.261. The lowest BCUT2D eigenvalue weighted by atomic mass is 10.1. The topological polar surface area (TPSA) is 113 Å². The molecule has 1 atom stereocenters. The number of imide groups is 1. The molecule has 166 valence electrons. The molecule has 0 spiro atoms. The van der Waals surface area contributed by atoms with Crippen molar-refractivity contribution in [2.75, 3.05) is 26.1 Å². The third kappa shape index (κ3) is 4.22. The summed E-state index contributed by atoms with van der Waals surface area (Å²) < 4.78 is 10.4. The Morgan fingerprint density at radius 3 is 2.72 bits per heavy atom. The van der Waals surface area contributed by atoms with Crippen molar-refractivity contribution in [2.45, 2.75) is 18.9 Å². The molecule has 1 fully saturated rings. The van der Waals surface area contributed by atoms with Crippen molar-refractivity contribution in [1.82, 2.24) is 15.2 Å². The average molecular weight is 436 g/mol. The average Bonchev–Trinajstić information content (AvgIpc) is 3.33. The highest BCUT2D eigenvalue weighted by molar-refractivity contribution is 6.07. The summed E-state index contributed by atoms with van der Waals surface area (Å²) in [6, 6.07) is 11.4. The van der Waals surface area contributed by atoms with Crippen LogP contribution in [0.3, 0.4) is 0 Å². The molecule has 3 N–H and O–H groups in total. The summed E-state index contributed by atoms with van der Waals surface area (Å²) in [6.45, 7) is 0.233. The van der Waals surface area contributed by atoms with Crippen LogP contribution >= 0.6 is 0 Å². The molecule has 2 aromatic carbocycles. The number of benzene rings is 2. The van der Waals surface area contributed by atoms with E-state index in [0.717, 1.165) is 21.4 Å². The van der Waals surface area contributed by atoms with E-state index in [2.05, 4.69) is 15.6 Å². The van der Waals surface area contributed by atoms with Gasteiger partial charge in [-0.3, -0.25) is 14.5 Å². The standard InChI is InChI=1S/C23H24N4O5/c1-31-15-7-8-18(20(11-15)32-2)25-21(28)12-19-22(29)27(23(30)26-19)10-9-14-13-24-17-6-4-3-5-16(14)17/h3-8,11,13,19,24H,9-10,12H2,1-2H3,(H,25,28)(H,26,30)/t19-/m0/s1. The van der Waals surface area contributed by atoms with Gasteiger partial charge in [0, 0.05) is 29.7 Å². The summed E-state index contributed by atoms with van der Waals surface area (Å²) in [5.41, 5.74) is 2.48. The lowest BCUT2D eigenvalue weighted by Gasteiger charge is -2.14. The van der Waals surface area contributed by atoms with Gasteiger partial charge in [-0.2, -0.15) is 0 Å². The van der Waals surface area contributed by atoms with Gasteiger partial charge in [0.25, 0.3) is 5.91 Å². The van der Waals surface area contributed by atoms with E-state index in [1.165, 1.54) is 14.2 Å². The van der Waals surface area contributed by atoms with Crippen LogP contribution < -0.4 is 20.1 Å². The Labute approximate surface area is 184 Å². The lowest BCUT2D eigenvalue weighted by molar-refractivity contribution is -0.129. The zero-order valence-corrected chi connectivity index (χ0v) is 17.8. The lowest BCUT2D eigenvalue weighted by Crippen LogP contribution is -2.35. The molecular formula is C23H24N4O5. The van der Waals surface area contributed by atoms with Gasteiger partial charge in [0.1, 0.15) is 17.5 Å². The number of amides is 4. The second-order valence-corrected chi connectivity index (χ2v) is 7.42. The number of ether oxygens (including phenoxy) is 2. The molecule has 0 unspecified atom stereocenters. The molecule has 0 radical (unpaired) electrons. The minimum absolute atomic E-state index is 0.177. The van der Waals surface area contributed by atoms with Crippen LogP contribution in [0.2, 0.25) is 0 Å². The Morgan fingerprint density at radius 2 is 1.94 bits per heavy atom. The van der Waals surface area contributed by atoms with E-state index >= 15 is 0 Å². The van der Waals surface area contributed by atoms with E-state index < -0.39 is 23.9 Å². The van der Waals surface area contributed by atoms with Crippen molar-refractivity contribution < 1.29 is 23.9 Å². The number of anilines is 1. The van der Waals surface area contributed by atoms with Crippen LogP contribution in [0.5, 0.6) is 11.5 Å². The predicted octanol–water partition coefficient (Wildman–Crippen LogP) is 2.68. The number of rotatable bonds is 8. The molecule has 1 saturated heterocycles. The molecule has 2 heterocycles. The van der Waals surface area contributed by atoms with Gasteiger partial charge in [-0.1, -0.05) is 18.2 Å². The van der Waals surface area contributed by atoms with E-state index in [1.807, 2.05) is 30.5 Å². The molecule has 9 nitrogen and oxygen atoms in total. The third-order valence-electron chi connectivity index (χ3n) is 5.46. The molecular weight excluding hydrogens is 412 g/mol. The Hall–Kier alpha value is -4.01. The van der Waals surface area contributed by atoms with Crippen LogP contribution in [0.4, 0.5) is 10.5 Å². The van der Waals surface area contributed by atoms with E-state index in [4.69, 9.17) is 9.47 Å². The number of carbonyl (C=O) groups excluding carboxylic acids is 3. The minimum atomic E-state index is -0.908. The molecule has 4 amide bonds. The maximum atomic E-state index is 12.7. The van der Waals surface area contributed by atoms with Gasteiger partial charge >= 0.3 is 6.03 Å². The van der Waals surface area contributed by atoms with Crippen molar-refractivity contribution in [3.63, 3.8) is 0 Å². The first kappa shape index (κ1) is 21.2. The van der Waals surface area contributed by atoms with Crippen LogP contribution in [0.25, 0.3) is 10.9 Å². The molecule has 0 saturated carbocycles. The summed E-state index contributed by atoms with van der Waals surface area (Å²) in [5, 5.41) is 6.38. The quantitative estimate of drug-likeness (QED) is 0.470. The number of aromatic amines is 1. The van der Waals surface area contributed by atoms with Crippen LogP contribution in [0.1, 0.15) is 12.0 Å². The Kier molecular flexibility index (Phi) is 5.98. The Bertz CT molecular complexity index is 1170. The normalized spacial score (nSPS) is 15.7. The van der Waals surface area contributed by atoms with Crippen LogP contribution in [-0.2, 0) is 16.0 Å². The highest BCUT2D eigenvalue weighted by Gasteiger charge is 2.38. The number of H-pyrrole nitrogens is 1. The molecule has 9 heteroatoms. The number of fused-ring (bicyclic) bond motifs is 1. The summed E-state index contributed by atoms with van der Waals surface area (Å²) in [7, 11) is 3.02. The molecule has 4 rings (SSSR count). The van der Waals surface area contributed by atoms with Gasteiger partial charge in [-0.15, -0.1) is 0 Å². The monoisotopic (exact) mass is 436 g/mol. The summed E-state index contributed by atoms with van der Waals surface area (Å²) >= 11 is 0. The van der Waals surface area contributed by atoms with E-state index in [0.29, 0.717) is 23.6 Å². The van der Waals surface area contributed by atoms with Gasteiger partial charge in [0.05, 0.1) is 26.3 Å². The molecule has 1 aromatic heterocycles. The Morgan fingerprint density at radius 1 is 1.12 bits per heavy atom. The first-order valence-electron chi connectivity index (χ1n) is 10.2. The summed E-state index contributed by atoms with van der Waals surface area (Å²) in [5.74, 6) is 0.195. The maximum Gasteiger partial charge on any atom is 0.324 e. The van der Waals surface area contributed by atoms with Crippen molar-refractivity contribution >= 4 is 34.4 Å². The van der Waals surface area contributed by atoms with Crippen molar-refractivity contribution in [1.29, 1.82) is 0 Å². The van der Waals surface area contributed by atoms with Gasteiger partial charge in [-0.25, -0.2) is 4.79 Å². The molecule has 0 bridgehead atoms. The summed E-state index contributed by atoms with van der Waals surface area (Å²) in [4.78, 5) is 42.0. The number of urea groups is 1. The van der Waals surface area contributed by atoms with E-state index in [1.54, 1.807) is 18.2 Å². The number of nitrogens with zero attached hydrogens (tertiary/aromatic N) is 1. The smallest absolute Gasteiger partial charge is 0.324 e. The van der Waals surface area contributed by atoms with Gasteiger partial charge in [0.15, 0.2) is 0 Å². The fourth-order valence-corrected chi connectivity index (χ4v) is 3.79. The van der Waals surface area contributed by atoms with Gasteiger partial charge < -0.3 is 25.1 Å². The van der Waals surface area contributed by atoms with Crippen molar-refractivity contribution in [3.8, 4) is 11.5 Å². The minimum Gasteiger partial charge on any atom is -0.497 e. The van der Waals surface area contributed by atoms with Crippen molar-refractivity contribution in [2.24, 2.45) is 0 Å². The number of nitrogens with one attached hydrogen (secondary N) is 3. The second kappa shape index (κ2) is 9.01. The molecule has 1 aliphatic rings. The van der Waals surface area contributed by atoms with Crippen LogP contribution in [-0.4, -0.2) is 54.5 Å². The zero-order valence-electron chi connectivity index (χ0n) is 17.8. The number of para-hydroxylation sites is 1. The number of methoxy groups -OCH3 is 2. The molecule has 3 aromatic rings. The summed E-state index contributed by atoms with van der Waals surface area (Å²) in [6.07, 6.45) is 2.23. The van der Waals surface area contributed by atoms with E-state index in [9.17, 15) is 14.4 Å². The van der Waals surface area contributed by atoms with Crippen LogP contribution in [0, 0.1) is 0 Å². The van der Waals surface area contributed by atoms with Crippen LogP contribution in [0.15, 0.2) is 48.7 Å². The first-order chi connectivity index (χ1) is 15.5. The van der Waals surface area contributed by atoms with Gasteiger partial charge in [-0.05, 0) is 30.2 Å². The predicted molar refractivity (Wildman–Crippen MR) is 119 cm³/mol. The highest BCUT2D eigenvalue weighted by Crippen LogP contribution is 2.29. The SMILES string of the molecule is COc1ccc(NC(=O)C[C@@H]2NC(=O)N(CCc3c[nH]c4ccccc34)C2=O)c(OC)c1. The molecule has 32 heavy (non-hydrogen) atoms. The van der Waals surface area contributed by atoms with Gasteiger partial charge in [0.2, 0.25) is 5.91 Å². The number of carbonyl (C=O) groups is 3. The van der Waals surface area contributed by atoms with Crippen molar-refractivity contribution in [3.05, 3.63) is 54.2 Å².